The van der Waals surface area contributed by atoms with Gasteiger partial charge in [0, 0.05) is 12.3 Å². The highest BCUT2D eigenvalue weighted by atomic mass is 16.6. The zero-order valence-corrected chi connectivity index (χ0v) is 19.3. The fourth-order valence-corrected chi connectivity index (χ4v) is 4.43. The standard InChI is InChI=1S/C27H33NO5/c1-2-3-4-5-6-7-8-17-25(29)28(18-26(30)31)27(32)33-19-24-22-15-11-9-13-20(22)21-14-10-12-16-23(21)24/h9-16,24H,2-8,17-19H2,1H3,(H,30,31). The van der Waals surface area contributed by atoms with Crippen molar-refractivity contribution in [3.63, 3.8) is 0 Å². The molecule has 0 aliphatic heterocycles. The fourth-order valence-electron chi connectivity index (χ4n) is 4.43. The summed E-state index contributed by atoms with van der Waals surface area (Å²) >= 11 is 0. The normalized spacial score (nSPS) is 12.2. The molecule has 0 saturated carbocycles. The second-order valence-corrected chi connectivity index (χ2v) is 8.55. The number of ether oxygens (including phenoxy) is 1. The minimum Gasteiger partial charge on any atom is -0.480 e. The Balaban J connectivity index is 1.58. The molecule has 1 aliphatic rings. The Morgan fingerprint density at radius 3 is 1.97 bits per heavy atom. The molecular formula is C27H33NO5. The predicted molar refractivity (Wildman–Crippen MR) is 127 cm³/mol. The summed E-state index contributed by atoms with van der Waals surface area (Å²) in [7, 11) is 0. The molecule has 3 rings (SSSR count). The average Bonchev–Trinajstić information content (AvgIpc) is 3.14. The number of nitrogens with zero attached hydrogens (tertiary/aromatic N) is 1. The molecule has 2 amide bonds. The molecule has 0 fully saturated rings. The summed E-state index contributed by atoms with van der Waals surface area (Å²) < 4.78 is 5.50. The van der Waals surface area contributed by atoms with Crippen LogP contribution in [0.25, 0.3) is 11.1 Å². The Morgan fingerprint density at radius 1 is 0.848 bits per heavy atom. The molecule has 0 aromatic heterocycles. The number of carbonyl (C=O) groups is 3. The van der Waals surface area contributed by atoms with Gasteiger partial charge in [-0.15, -0.1) is 0 Å². The van der Waals surface area contributed by atoms with Crippen LogP contribution >= 0.6 is 0 Å². The highest BCUT2D eigenvalue weighted by molar-refractivity contribution is 5.95. The van der Waals surface area contributed by atoms with Crippen LogP contribution in [0.5, 0.6) is 0 Å². The van der Waals surface area contributed by atoms with E-state index in [-0.39, 0.29) is 18.9 Å². The van der Waals surface area contributed by atoms with E-state index in [1.165, 1.54) is 19.3 Å². The third-order valence-electron chi connectivity index (χ3n) is 6.15. The molecule has 0 atom stereocenters. The number of hydrogen-bond acceptors (Lipinski definition) is 4. The van der Waals surface area contributed by atoms with E-state index in [9.17, 15) is 19.5 Å². The summed E-state index contributed by atoms with van der Waals surface area (Å²) in [6.45, 7) is 1.53. The zero-order chi connectivity index (χ0) is 23.6. The lowest BCUT2D eigenvalue weighted by Crippen LogP contribution is -2.41. The van der Waals surface area contributed by atoms with Gasteiger partial charge in [-0.05, 0) is 28.7 Å². The third kappa shape index (κ3) is 6.44. The van der Waals surface area contributed by atoms with Crippen LogP contribution < -0.4 is 0 Å². The quantitative estimate of drug-likeness (QED) is 0.401. The Morgan fingerprint density at radius 2 is 1.39 bits per heavy atom. The minimum absolute atomic E-state index is 0.0493. The molecule has 2 aromatic rings. The van der Waals surface area contributed by atoms with Gasteiger partial charge in [-0.25, -0.2) is 9.69 Å². The van der Waals surface area contributed by atoms with E-state index < -0.39 is 24.5 Å². The Kier molecular flexibility index (Phi) is 9.04. The maximum Gasteiger partial charge on any atom is 0.417 e. The van der Waals surface area contributed by atoms with Gasteiger partial charge in [0.1, 0.15) is 13.2 Å². The number of rotatable bonds is 12. The lowest BCUT2D eigenvalue weighted by Gasteiger charge is -2.20. The number of fused-ring (bicyclic) bond motifs is 3. The van der Waals surface area contributed by atoms with Crippen LogP contribution in [0.4, 0.5) is 4.79 Å². The van der Waals surface area contributed by atoms with Crippen molar-refractivity contribution in [2.24, 2.45) is 0 Å². The van der Waals surface area contributed by atoms with Crippen LogP contribution in [-0.2, 0) is 14.3 Å². The topological polar surface area (TPSA) is 83.9 Å². The van der Waals surface area contributed by atoms with Gasteiger partial charge in [0.25, 0.3) is 0 Å². The van der Waals surface area contributed by atoms with Gasteiger partial charge in [-0.3, -0.25) is 9.59 Å². The van der Waals surface area contributed by atoms with Crippen molar-refractivity contribution in [2.45, 2.75) is 64.2 Å². The summed E-state index contributed by atoms with van der Waals surface area (Å²) in [5.74, 6) is -1.88. The number of aliphatic carboxylic acids is 1. The molecule has 33 heavy (non-hydrogen) atoms. The predicted octanol–water partition coefficient (Wildman–Crippen LogP) is 5.99. The molecule has 0 unspecified atom stereocenters. The van der Waals surface area contributed by atoms with Crippen molar-refractivity contribution in [2.75, 3.05) is 13.2 Å². The summed E-state index contributed by atoms with van der Waals surface area (Å²) in [5.41, 5.74) is 4.33. The maximum absolute atomic E-state index is 12.7. The van der Waals surface area contributed by atoms with Gasteiger partial charge in [0.2, 0.25) is 5.91 Å². The number of benzene rings is 2. The smallest absolute Gasteiger partial charge is 0.417 e. The van der Waals surface area contributed by atoms with E-state index in [2.05, 4.69) is 6.92 Å². The molecule has 2 aromatic carbocycles. The van der Waals surface area contributed by atoms with Gasteiger partial charge in [0.15, 0.2) is 0 Å². The molecule has 1 N–H and O–H groups in total. The van der Waals surface area contributed by atoms with Crippen LogP contribution in [0.2, 0.25) is 0 Å². The lowest BCUT2D eigenvalue weighted by molar-refractivity contribution is -0.143. The lowest BCUT2D eigenvalue weighted by atomic mass is 9.98. The molecule has 6 heteroatoms. The number of amides is 2. The van der Waals surface area contributed by atoms with Crippen molar-refractivity contribution < 1.29 is 24.2 Å². The molecule has 1 aliphatic carbocycles. The Bertz CT molecular complexity index is 925. The average molecular weight is 452 g/mol. The van der Waals surface area contributed by atoms with Crippen molar-refractivity contribution in [3.05, 3.63) is 59.7 Å². The molecule has 0 bridgehead atoms. The fraction of sp³-hybridized carbons (Fsp3) is 0.444. The summed E-state index contributed by atoms with van der Waals surface area (Å²) in [5, 5.41) is 9.21. The van der Waals surface area contributed by atoms with Crippen LogP contribution in [0.1, 0.15) is 75.3 Å². The van der Waals surface area contributed by atoms with E-state index in [0.717, 1.165) is 46.4 Å². The van der Waals surface area contributed by atoms with Crippen LogP contribution in [0.15, 0.2) is 48.5 Å². The first kappa shape index (κ1) is 24.5. The Hall–Kier alpha value is -3.15. The first-order valence-electron chi connectivity index (χ1n) is 11.9. The Labute approximate surface area is 195 Å². The van der Waals surface area contributed by atoms with Crippen molar-refractivity contribution in [1.29, 1.82) is 0 Å². The van der Waals surface area contributed by atoms with Crippen molar-refractivity contribution in [1.82, 2.24) is 4.90 Å². The maximum atomic E-state index is 12.7. The van der Waals surface area contributed by atoms with Gasteiger partial charge < -0.3 is 9.84 Å². The molecule has 176 valence electrons. The third-order valence-corrected chi connectivity index (χ3v) is 6.15. The van der Waals surface area contributed by atoms with Crippen molar-refractivity contribution in [3.8, 4) is 11.1 Å². The number of imide groups is 1. The van der Waals surface area contributed by atoms with Crippen LogP contribution in [-0.4, -0.2) is 41.1 Å². The van der Waals surface area contributed by atoms with E-state index in [4.69, 9.17) is 4.74 Å². The minimum atomic E-state index is -1.24. The van der Waals surface area contributed by atoms with E-state index in [1.54, 1.807) is 0 Å². The first-order valence-corrected chi connectivity index (χ1v) is 11.9. The highest BCUT2D eigenvalue weighted by Gasteiger charge is 2.31. The largest absolute Gasteiger partial charge is 0.480 e. The number of hydrogen-bond donors (Lipinski definition) is 1. The second kappa shape index (κ2) is 12.2. The monoisotopic (exact) mass is 451 g/mol. The number of carbonyl (C=O) groups excluding carboxylic acids is 2. The second-order valence-electron chi connectivity index (χ2n) is 8.55. The van der Waals surface area contributed by atoms with Gasteiger partial charge in [0.05, 0.1) is 0 Å². The summed E-state index contributed by atoms with van der Waals surface area (Å²) in [6, 6.07) is 15.9. The zero-order valence-electron chi connectivity index (χ0n) is 19.3. The van der Waals surface area contributed by atoms with Gasteiger partial charge in [-0.2, -0.15) is 0 Å². The highest BCUT2D eigenvalue weighted by Crippen LogP contribution is 2.44. The molecular weight excluding hydrogens is 418 g/mol. The van der Waals surface area contributed by atoms with E-state index >= 15 is 0 Å². The van der Waals surface area contributed by atoms with E-state index in [1.807, 2.05) is 48.5 Å². The SMILES string of the molecule is CCCCCCCCCC(=O)N(CC(=O)O)C(=O)OCC1c2ccccc2-c2ccccc21. The van der Waals surface area contributed by atoms with Gasteiger partial charge >= 0.3 is 12.1 Å². The van der Waals surface area contributed by atoms with Crippen LogP contribution in [0.3, 0.4) is 0 Å². The van der Waals surface area contributed by atoms with Gasteiger partial charge in [-0.1, -0.05) is 94.0 Å². The number of unbranched alkanes of at least 4 members (excludes halogenated alkanes) is 6. The molecule has 0 heterocycles. The molecule has 0 spiro atoms. The number of carboxylic acids is 1. The molecule has 0 radical (unpaired) electrons. The molecule has 6 nitrogen and oxygen atoms in total. The molecule has 0 saturated heterocycles. The first-order chi connectivity index (χ1) is 16.0. The van der Waals surface area contributed by atoms with E-state index in [0.29, 0.717) is 6.42 Å². The van der Waals surface area contributed by atoms with Crippen LogP contribution in [0, 0.1) is 0 Å². The number of carboxylic acid groups (broad SMARTS) is 1. The summed E-state index contributed by atoms with van der Waals surface area (Å²) in [4.78, 5) is 37.3. The van der Waals surface area contributed by atoms with Crippen molar-refractivity contribution >= 4 is 18.0 Å². The summed E-state index contributed by atoms with van der Waals surface area (Å²) in [6.07, 6.45) is 6.53.